The zero-order valence-electron chi connectivity index (χ0n) is 24.6. The molecule has 0 radical (unpaired) electrons. The van der Waals surface area contributed by atoms with E-state index in [1.807, 2.05) is 60.7 Å². The Labute approximate surface area is 244 Å². The molecule has 0 heterocycles. The molecule has 4 aromatic carbocycles. The van der Waals surface area contributed by atoms with Gasteiger partial charge in [0.25, 0.3) is 0 Å². The van der Waals surface area contributed by atoms with Crippen LogP contribution in [0.2, 0.25) is 0 Å². The maximum Gasteiger partial charge on any atom is 0.171 e. The molecule has 0 aliphatic rings. The molecule has 2 atom stereocenters. The van der Waals surface area contributed by atoms with E-state index in [9.17, 15) is 8.42 Å². The fourth-order valence-electron chi connectivity index (χ4n) is 4.86. The lowest BCUT2D eigenvalue weighted by atomic mass is 10.0. The van der Waals surface area contributed by atoms with Gasteiger partial charge in [0.05, 0.1) is 14.2 Å². The van der Waals surface area contributed by atoms with Crippen molar-refractivity contribution in [2.24, 2.45) is 0 Å². The lowest BCUT2D eigenvalue weighted by Crippen LogP contribution is -2.19. The van der Waals surface area contributed by atoms with Crippen molar-refractivity contribution in [3.8, 4) is 11.5 Å². The Morgan fingerprint density at radius 1 is 0.561 bits per heavy atom. The molecule has 0 bridgehead atoms. The Hall–Kier alpha value is -4.09. The molecule has 0 amide bonds. The number of hydrogen-bond donors (Lipinski definition) is 0. The first kappa shape index (κ1) is 29.9. The van der Waals surface area contributed by atoms with E-state index in [-0.39, 0.29) is 0 Å². The zero-order chi connectivity index (χ0) is 29.6. The molecule has 0 aromatic heterocycles. The predicted molar refractivity (Wildman–Crippen MR) is 170 cm³/mol. The van der Waals surface area contributed by atoms with Crippen LogP contribution in [0.1, 0.15) is 55.0 Å². The summed E-state index contributed by atoms with van der Waals surface area (Å²) in [5.74, 6) is 1.34. The van der Waals surface area contributed by atoms with E-state index in [0.29, 0.717) is 22.6 Å². The number of benzene rings is 4. The number of methoxy groups -OCH3 is 2. The summed E-state index contributed by atoms with van der Waals surface area (Å²) in [6.45, 7) is 8.22. The SMILES string of the molecule is COc1ccc(C(C=Cc2cccc(C)c2C)S(=O)(=O)C(C=Cc2cccc(C)c2C)c2ccc(OC)cc2)cc1. The third-order valence-corrected chi connectivity index (χ3v) is 10.1. The number of ether oxygens (including phenoxy) is 2. The van der Waals surface area contributed by atoms with Crippen LogP contribution in [0.25, 0.3) is 12.2 Å². The van der Waals surface area contributed by atoms with E-state index in [4.69, 9.17) is 9.47 Å². The van der Waals surface area contributed by atoms with Crippen LogP contribution in [0.4, 0.5) is 0 Å². The third kappa shape index (κ3) is 6.80. The maximum absolute atomic E-state index is 14.7. The Morgan fingerprint density at radius 2 is 0.927 bits per heavy atom. The summed E-state index contributed by atoms with van der Waals surface area (Å²) >= 11 is 0. The zero-order valence-corrected chi connectivity index (χ0v) is 25.4. The average Bonchev–Trinajstić information content (AvgIpc) is 2.98. The molecule has 212 valence electrons. The van der Waals surface area contributed by atoms with Crippen molar-refractivity contribution >= 4 is 22.0 Å². The second-order valence-electron chi connectivity index (χ2n) is 10.3. The molecule has 0 N–H and O–H groups in total. The summed E-state index contributed by atoms with van der Waals surface area (Å²) in [7, 11) is -0.653. The smallest absolute Gasteiger partial charge is 0.171 e. The molecule has 41 heavy (non-hydrogen) atoms. The van der Waals surface area contributed by atoms with Gasteiger partial charge in [-0.3, -0.25) is 0 Å². The van der Waals surface area contributed by atoms with Gasteiger partial charge in [0.1, 0.15) is 22.0 Å². The van der Waals surface area contributed by atoms with E-state index in [1.54, 1.807) is 50.6 Å². The summed E-state index contributed by atoms with van der Waals surface area (Å²) in [5.41, 5.74) is 7.88. The highest BCUT2D eigenvalue weighted by molar-refractivity contribution is 7.92. The van der Waals surface area contributed by atoms with Crippen LogP contribution in [0, 0.1) is 27.7 Å². The minimum atomic E-state index is -3.85. The van der Waals surface area contributed by atoms with Crippen LogP contribution in [-0.2, 0) is 9.84 Å². The first-order chi connectivity index (χ1) is 19.6. The molecular weight excluding hydrogens is 528 g/mol. The summed E-state index contributed by atoms with van der Waals surface area (Å²) < 4.78 is 40.1. The lowest BCUT2D eigenvalue weighted by molar-refractivity contribution is 0.414. The lowest BCUT2D eigenvalue weighted by Gasteiger charge is -2.22. The Bertz CT molecular complexity index is 1530. The molecule has 4 aromatic rings. The fourth-order valence-corrected chi connectivity index (χ4v) is 6.84. The normalized spacial score (nSPS) is 13.4. The molecule has 4 rings (SSSR count). The van der Waals surface area contributed by atoms with Crippen LogP contribution < -0.4 is 9.47 Å². The van der Waals surface area contributed by atoms with Crippen LogP contribution in [-0.4, -0.2) is 22.6 Å². The minimum Gasteiger partial charge on any atom is -0.497 e. The summed E-state index contributed by atoms with van der Waals surface area (Å²) in [6, 6.07) is 26.6. The van der Waals surface area contributed by atoms with Gasteiger partial charge in [0, 0.05) is 0 Å². The molecule has 4 nitrogen and oxygen atoms in total. The first-order valence-electron chi connectivity index (χ1n) is 13.6. The molecule has 5 heteroatoms. The van der Waals surface area contributed by atoms with Crippen molar-refractivity contribution in [2.75, 3.05) is 14.2 Å². The fraction of sp³-hybridized carbons (Fsp3) is 0.222. The van der Waals surface area contributed by atoms with Crippen molar-refractivity contribution in [3.63, 3.8) is 0 Å². The molecule has 0 aliphatic carbocycles. The molecule has 0 fully saturated rings. The molecule has 0 saturated heterocycles. The second-order valence-corrected chi connectivity index (χ2v) is 12.5. The van der Waals surface area contributed by atoms with Crippen molar-refractivity contribution in [2.45, 2.75) is 38.2 Å². The van der Waals surface area contributed by atoms with E-state index in [1.165, 1.54) is 0 Å². The predicted octanol–water partition coefficient (Wildman–Crippen LogP) is 8.56. The van der Waals surface area contributed by atoms with Gasteiger partial charge in [-0.25, -0.2) is 8.42 Å². The number of hydrogen-bond acceptors (Lipinski definition) is 4. The van der Waals surface area contributed by atoms with Gasteiger partial charge in [0.2, 0.25) is 0 Å². The van der Waals surface area contributed by atoms with Gasteiger partial charge in [-0.05, 0) is 96.5 Å². The van der Waals surface area contributed by atoms with Gasteiger partial charge < -0.3 is 9.47 Å². The molecule has 0 aliphatic heterocycles. The van der Waals surface area contributed by atoms with Crippen LogP contribution in [0.3, 0.4) is 0 Å². The van der Waals surface area contributed by atoms with Crippen LogP contribution >= 0.6 is 0 Å². The standard InChI is InChI=1S/C36H38O4S/c1-25-9-7-11-29(27(25)3)17-23-35(31-13-19-33(39-5)20-14-31)41(37,38)36(32-15-21-34(40-6)22-16-32)24-18-30-12-8-10-26(2)28(30)4/h7-24,35-36H,1-6H3. The quantitative estimate of drug-likeness (QED) is 0.193. The van der Waals surface area contributed by atoms with Crippen LogP contribution in [0.5, 0.6) is 11.5 Å². The molecule has 0 saturated carbocycles. The Kier molecular flexibility index (Phi) is 9.51. The summed E-state index contributed by atoms with van der Waals surface area (Å²) in [6.07, 6.45) is 7.46. The van der Waals surface area contributed by atoms with Gasteiger partial charge in [-0.2, -0.15) is 0 Å². The number of sulfone groups is 1. The van der Waals surface area contributed by atoms with Gasteiger partial charge >= 0.3 is 0 Å². The highest BCUT2D eigenvalue weighted by Crippen LogP contribution is 2.38. The summed E-state index contributed by atoms with van der Waals surface area (Å²) in [5, 5.41) is -1.80. The van der Waals surface area contributed by atoms with Gasteiger partial charge in [-0.15, -0.1) is 0 Å². The van der Waals surface area contributed by atoms with Gasteiger partial charge in [-0.1, -0.05) is 85.0 Å². The first-order valence-corrected chi connectivity index (χ1v) is 15.3. The van der Waals surface area contributed by atoms with Crippen molar-refractivity contribution < 1.29 is 17.9 Å². The van der Waals surface area contributed by atoms with E-state index < -0.39 is 20.3 Å². The monoisotopic (exact) mass is 566 g/mol. The molecule has 2 unspecified atom stereocenters. The topological polar surface area (TPSA) is 52.6 Å². The highest BCUT2D eigenvalue weighted by Gasteiger charge is 2.33. The Morgan fingerprint density at radius 3 is 1.27 bits per heavy atom. The summed E-state index contributed by atoms with van der Waals surface area (Å²) in [4.78, 5) is 0. The van der Waals surface area contributed by atoms with E-state index in [0.717, 1.165) is 33.4 Å². The van der Waals surface area contributed by atoms with Gasteiger partial charge in [0.15, 0.2) is 9.84 Å². The third-order valence-electron chi connectivity index (χ3n) is 7.79. The van der Waals surface area contributed by atoms with Crippen molar-refractivity contribution in [1.29, 1.82) is 0 Å². The van der Waals surface area contributed by atoms with E-state index >= 15 is 0 Å². The Balaban J connectivity index is 1.87. The largest absolute Gasteiger partial charge is 0.497 e. The van der Waals surface area contributed by atoms with Crippen molar-refractivity contribution in [1.82, 2.24) is 0 Å². The van der Waals surface area contributed by atoms with Crippen LogP contribution in [0.15, 0.2) is 97.1 Å². The average molecular weight is 567 g/mol. The molecule has 0 spiro atoms. The number of rotatable bonds is 10. The second kappa shape index (κ2) is 13.0. The van der Waals surface area contributed by atoms with E-state index in [2.05, 4.69) is 39.8 Å². The highest BCUT2D eigenvalue weighted by atomic mass is 32.2. The number of aryl methyl sites for hydroxylation is 2. The molecular formula is C36H38O4S. The minimum absolute atomic E-state index is 0.671. The maximum atomic E-state index is 14.7. The van der Waals surface area contributed by atoms with Crippen molar-refractivity contribution in [3.05, 3.63) is 142 Å².